The van der Waals surface area contributed by atoms with Gasteiger partial charge in [-0.2, -0.15) is 5.10 Å². The monoisotopic (exact) mass is 652 g/mol. The van der Waals surface area contributed by atoms with Crippen LogP contribution in [0.4, 0.5) is 5.69 Å². The van der Waals surface area contributed by atoms with Crippen molar-refractivity contribution in [2.24, 2.45) is 0 Å². The number of rotatable bonds is 14. The highest BCUT2D eigenvalue weighted by molar-refractivity contribution is 6.01. The average molecular weight is 653 g/mol. The summed E-state index contributed by atoms with van der Waals surface area (Å²) in [7, 11) is 0. The van der Waals surface area contributed by atoms with Crippen molar-refractivity contribution in [1.29, 1.82) is 0 Å². The average Bonchev–Trinajstić information content (AvgIpc) is 3.51. The Morgan fingerprint density at radius 3 is 2.44 bits per heavy atom. The Kier molecular flexibility index (Phi) is 11.6. The molecule has 0 saturated heterocycles. The molecule has 0 bridgehead atoms. The van der Waals surface area contributed by atoms with E-state index in [1.165, 1.54) is 6.20 Å². The maximum atomic E-state index is 14.5. The van der Waals surface area contributed by atoms with Crippen molar-refractivity contribution < 1.29 is 24.2 Å². The van der Waals surface area contributed by atoms with Crippen molar-refractivity contribution in [3.8, 4) is 11.4 Å². The molecule has 1 unspecified atom stereocenters. The summed E-state index contributed by atoms with van der Waals surface area (Å²) in [5.74, 6) is -0.414. The molecule has 0 spiro atoms. The number of fused-ring (bicyclic) bond motifs is 1. The number of aromatic nitrogens is 3. The summed E-state index contributed by atoms with van der Waals surface area (Å²) in [6.45, 7) is 7.22. The number of aryl methyl sites for hydroxylation is 1. The SMILES string of the molecule is CCCCN(CCCC)C(=O)c1cc(C)n(-c2ccc(NC(=O)COc3cccnc3)cc2C(=O)N2Cc3ccccc3CC2CO)n1. The molecule has 1 atom stereocenters. The van der Waals surface area contributed by atoms with Gasteiger partial charge in [-0.05, 0) is 73.7 Å². The zero-order chi connectivity index (χ0) is 34.0. The molecule has 1 aliphatic rings. The molecule has 2 aromatic heterocycles. The number of benzene rings is 2. The number of carbonyl (C=O) groups is 3. The predicted molar refractivity (Wildman–Crippen MR) is 183 cm³/mol. The maximum absolute atomic E-state index is 14.5. The van der Waals surface area contributed by atoms with E-state index in [-0.39, 0.29) is 30.6 Å². The van der Waals surface area contributed by atoms with E-state index in [1.54, 1.807) is 52.2 Å². The fourth-order valence-corrected chi connectivity index (χ4v) is 5.89. The summed E-state index contributed by atoms with van der Waals surface area (Å²) >= 11 is 0. The standard InChI is InChI=1S/C37H44N6O5/c1-4-6-17-41(18-7-5-2)37(47)33-19-26(3)43(40-33)34-15-14-29(39-35(45)25-48-31-13-10-16-38-22-31)21-32(34)36(46)42-23-28-12-9-8-11-27(28)20-30(42)24-44/h8-16,19,21-22,30,44H,4-7,17-18,20,23-25H2,1-3H3,(H,39,45). The van der Waals surface area contributed by atoms with Crippen LogP contribution in [0.15, 0.2) is 73.1 Å². The van der Waals surface area contributed by atoms with Crippen molar-refractivity contribution in [2.75, 3.05) is 31.6 Å². The smallest absolute Gasteiger partial charge is 0.274 e. The molecule has 2 aromatic carbocycles. The van der Waals surface area contributed by atoms with Gasteiger partial charge in [0.25, 0.3) is 17.7 Å². The number of hydrogen-bond donors (Lipinski definition) is 2. The number of hydrogen-bond acceptors (Lipinski definition) is 7. The van der Waals surface area contributed by atoms with E-state index in [2.05, 4.69) is 24.1 Å². The zero-order valence-corrected chi connectivity index (χ0v) is 27.9. The third kappa shape index (κ3) is 8.09. The van der Waals surface area contributed by atoms with Crippen molar-refractivity contribution >= 4 is 23.4 Å². The summed E-state index contributed by atoms with van der Waals surface area (Å²) in [5.41, 5.74) is 4.23. The second kappa shape index (κ2) is 16.2. The van der Waals surface area contributed by atoms with Gasteiger partial charge in [0.15, 0.2) is 12.3 Å². The topological polar surface area (TPSA) is 130 Å². The van der Waals surface area contributed by atoms with Crippen LogP contribution in [0.25, 0.3) is 5.69 Å². The second-order valence-corrected chi connectivity index (χ2v) is 12.1. The van der Waals surface area contributed by atoms with E-state index in [0.717, 1.165) is 36.8 Å². The van der Waals surface area contributed by atoms with Gasteiger partial charge in [-0.15, -0.1) is 0 Å². The van der Waals surface area contributed by atoms with Gasteiger partial charge in [0, 0.05) is 37.2 Å². The summed E-state index contributed by atoms with van der Waals surface area (Å²) in [4.78, 5) is 48.5. The molecule has 11 nitrogen and oxygen atoms in total. The summed E-state index contributed by atoms with van der Waals surface area (Å²) < 4.78 is 7.16. The van der Waals surface area contributed by atoms with Gasteiger partial charge in [-0.3, -0.25) is 19.4 Å². The summed E-state index contributed by atoms with van der Waals surface area (Å²) in [6.07, 6.45) is 7.40. The molecule has 2 N–H and O–H groups in total. The van der Waals surface area contributed by atoms with E-state index in [4.69, 9.17) is 9.84 Å². The molecule has 0 aliphatic carbocycles. The molecule has 252 valence electrons. The van der Waals surface area contributed by atoms with Gasteiger partial charge in [0.05, 0.1) is 30.1 Å². The van der Waals surface area contributed by atoms with Crippen LogP contribution >= 0.6 is 0 Å². The molecule has 48 heavy (non-hydrogen) atoms. The van der Waals surface area contributed by atoms with Crippen LogP contribution in [0, 0.1) is 6.92 Å². The van der Waals surface area contributed by atoms with E-state index < -0.39 is 11.9 Å². The Balaban J connectivity index is 1.48. The van der Waals surface area contributed by atoms with Crippen LogP contribution in [0.3, 0.4) is 0 Å². The Labute approximate surface area is 281 Å². The fraction of sp³-hybridized carbons (Fsp3) is 0.378. The minimum absolute atomic E-state index is 0.142. The Bertz CT molecular complexity index is 1710. The molecule has 3 heterocycles. The van der Waals surface area contributed by atoms with Gasteiger partial charge in [-0.1, -0.05) is 51.0 Å². The lowest BCUT2D eigenvalue weighted by molar-refractivity contribution is -0.118. The molecule has 0 fully saturated rings. The highest BCUT2D eigenvalue weighted by Crippen LogP contribution is 2.29. The lowest BCUT2D eigenvalue weighted by atomic mass is 9.93. The number of nitrogens with zero attached hydrogens (tertiary/aromatic N) is 5. The van der Waals surface area contributed by atoms with E-state index >= 15 is 0 Å². The number of carbonyl (C=O) groups excluding carboxylic acids is 3. The first-order valence-corrected chi connectivity index (χ1v) is 16.6. The highest BCUT2D eigenvalue weighted by Gasteiger charge is 2.32. The van der Waals surface area contributed by atoms with Crippen LogP contribution in [0.5, 0.6) is 5.75 Å². The number of amides is 3. The highest BCUT2D eigenvalue weighted by atomic mass is 16.5. The number of ether oxygens (including phenoxy) is 1. The number of aliphatic hydroxyl groups excluding tert-OH is 1. The van der Waals surface area contributed by atoms with Gasteiger partial charge < -0.3 is 25.0 Å². The predicted octanol–water partition coefficient (Wildman–Crippen LogP) is 5.20. The minimum Gasteiger partial charge on any atom is -0.482 e. The van der Waals surface area contributed by atoms with Crippen LogP contribution in [0.2, 0.25) is 0 Å². The maximum Gasteiger partial charge on any atom is 0.274 e. The lowest BCUT2D eigenvalue weighted by Crippen LogP contribution is -2.46. The van der Waals surface area contributed by atoms with E-state index in [0.29, 0.717) is 54.6 Å². The normalized spacial score (nSPS) is 13.9. The Morgan fingerprint density at radius 2 is 1.75 bits per heavy atom. The second-order valence-electron chi connectivity index (χ2n) is 12.1. The summed E-state index contributed by atoms with van der Waals surface area (Å²) in [6, 6.07) is 17.7. The molecular weight excluding hydrogens is 608 g/mol. The van der Waals surface area contributed by atoms with Crippen molar-refractivity contribution in [3.05, 3.63) is 101 Å². The van der Waals surface area contributed by atoms with Crippen LogP contribution in [-0.4, -0.2) is 79.7 Å². The van der Waals surface area contributed by atoms with Gasteiger partial charge >= 0.3 is 0 Å². The largest absolute Gasteiger partial charge is 0.482 e. The van der Waals surface area contributed by atoms with Crippen LogP contribution in [-0.2, 0) is 17.8 Å². The van der Waals surface area contributed by atoms with Crippen molar-refractivity contribution in [3.63, 3.8) is 0 Å². The molecule has 0 radical (unpaired) electrons. The third-order valence-electron chi connectivity index (χ3n) is 8.53. The first-order chi connectivity index (χ1) is 23.3. The molecule has 4 aromatic rings. The zero-order valence-electron chi connectivity index (χ0n) is 27.9. The van der Waals surface area contributed by atoms with Crippen molar-refractivity contribution in [1.82, 2.24) is 24.6 Å². The molecular formula is C37H44N6O5. The van der Waals surface area contributed by atoms with Gasteiger partial charge in [-0.25, -0.2) is 4.68 Å². The van der Waals surface area contributed by atoms with Crippen molar-refractivity contribution in [2.45, 2.75) is 65.5 Å². The lowest BCUT2D eigenvalue weighted by Gasteiger charge is -2.36. The molecule has 5 rings (SSSR count). The quantitative estimate of drug-likeness (QED) is 0.192. The van der Waals surface area contributed by atoms with E-state index in [1.807, 2.05) is 36.1 Å². The molecule has 11 heteroatoms. The number of nitrogens with one attached hydrogen (secondary N) is 1. The molecule has 1 aliphatic heterocycles. The molecule has 3 amide bonds. The third-order valence-corrected chi connectivity index (χ3v) is 8.53. The first kappa shape index (κ1) is 34.3. The van der Waals surface area contributed by atoms with Gasteiger partial charge in [0.2, 0.25) is 0 Å². The van der Waals surface area contributed by atoms with Crippen LogP contribution in [0.1, 0.15) is 77.2 Å². The fourth-order valence-electron chi connectivity index (χ4n) is 5.89. The number of anilines is 1. The number of unbranched alkanes of at least 4 members (excludes halogenated alkanes) is 2. The molecule has 0 saturated carbocycles. The Hall–Kier alpha value is -5.03. The number of pyridine rings is 1. The van der Waals surface area contributed by atoms with Gasteiger partial charge in [0.1, 0.15) is 5.75 Å². The minimum atomic E-state index is -0.437. The number of aliphatic hydroxyl groups is 1. The van der Waals surface area contributed by atoms with Crippen LogP contribution < -0.4 is 10.1 Å². The van der Waals surface area contributed by atoms with E-state index in [9.17, 15) is 19.5 Å². The Morgan fingerprint density at radius 1 is 1.00 bits per heavy atom. The first-order valence-electron chi connectivity index (χ1n) is 16.6. The summed E-state index contributed by atoms with van der Waals surface area (Å²) in [5, 5.41) is 17.9.